The van der Waals surface area contributed by atoms with Gasteiger partial charge >= 0.3 is 6.09 Å². The van der Waals surface area contributed by atoms with E-state index >= 15 is 0 Å². The van der Waals surface area contributed by atoms with Gasteiger partial charge in [0.15, 0.2) is 4.80 Å². The molecule has 0 unspecified atom stereocenters. The van der Waals surface area contributed by atoms with Crippen LogP contribution in [0.2, 0.25) is 0 Å². The highest BCUT2D eigenvalue weighted by molar-refractivity contribution is 7.07. The van der Waals surface area contributed by atoms with Gasteiger partial charge in [-0.05, 0) is 19.8 Å². The number of carbonyl (C=O) groups excluding carboxylic acids is 1. The number of hydrogen-bond donors (Lipinski definition) is 0. The summed E-state index contributed by atoms with van der Waals surface area (Å²) in [6.07, 6.45) is 3.38. The number of nitrogens with zero attached hydrogens (tertiary/aromatic N) is 2. The van der Waals surface area contributed by atoms with Crippen LogP contribution >= 0.6 is 11.3 Å². The second-order valence-corrected chi connectivity index (χ2v) is 4.62. The van der Waals surface area contributed by atoms with Crippen molar-refractivity contribution in [1.29, 1.82) is 0 Å². The number of aromatic nitrogens is 1. The summed E-state index contributed by atoms with van der Waals surface area (Å²) in [5.41, 5.74) is 0. The SMILES string of the molecule is CCOC(=O)/N=c1\sccn1C1CCOCC1. The van der Waals surface area contributed by atoms with Gasteiger partial charge in [0, 0.05) is 30.8 Å². The Morgan fingerprint density at radius 3 is 3.12 bits per heavy atom. The van der Waals surface area contributed by atoms with E-state index in [0.717, 1.165) is 26.1 Å². The lowest BCUT2D eigenvalue weighted by atomic mass is 10.1. The van der Waals surface area contributed by atoms with Crippen LogP contribution in [0.5, 0.6) is 0 Å². The van der Waals surface area contributed by atoms with Gasteiger partial charge in [0.1, 0.15) is 0 Å². The first-order chi connectivity index (χ1) is 8.31. The molecule has 5 nitrogen and oxygen atoms in total. The first kappa shape index (κ1) is 12.3. The molecule has 0 bridgehead atoms. The molecule has 1 aromatic heterocycles. The summed E-state index contributed by atoms with van der Waals surface area (Å²) < 4.78 is 12.2. The Morgan fingerprint density at radius 1 is 1.65 bits per heavy atom. The van der Waals surface area contributed by atoms with E-state index in [1.807, 2.05) is 16.1 Å². The van der Waals surface area contributed by atoms with Crippen LogP contribution in [0.4, 0.5) is 4.79 Å². The number of carbonyl (C=O) groups is 1. The Hall–Kier alpha value is -1.14. The van der Waals surface area contributed by atoms with E-state index in [4.69, 9.17) is 9.47 Å². The van der Waals surface area contributed by atoms with Crippen LogP contribution in [-0.2, 0) is 9.47 Å². The molecule has 0 spiro atoms. The van der Waals surface area contributed by atoms with E-state index in [2.05, 4.69) is 4.99 Å². The minimum atomic E-state index is -0.518. The van der Waals surface area contributed by atoms with E-state index < -0.39 is 6.09 Å². The standard InChI is InChI=1S/C11H16N2O3S/c1-2-16-11(14)12-10-13(5-8-17-10)9-3-6-15-7-4-9/h5,8-9H,2-4,6-7H2,1H3/b12-10-. The molecular formula is C11H16N2O3S. The van der Waals surface area contributed by atoms with Gasteiger partial charge in [-0.15, -0.1) is 16.3 Å². The van der Waals surface area contributed by atoms with Crippen LogP contribution < -0.4 is 4.80 Å². The van der Waals surface area contributed by atoms with Crippen molar-refractivity contribution < 1.29 is 14.3 Å². The summed E-state index contributed by atoms with van der Waals surface area (Å²) in [7, 11) is 0. The molecule has 1 aliphatic heterocycles. The maximum atomic E-state index is 11.3. The van der Waals surface area contributed by atoms with Crippen LogP contribution in [0.25, 0.3) is 0 Å². The maximum Gasteiger partial charge on any atom is 0.436 e. The lowest BCUT2D eigenvalue weighted by Gasteiger charge is -2.23. The molecule has 0 aromatic carbocycles. The number of amides is 1. The molecule has 6 heteroatoms. The summed E-state index contributed by atoms with van der Waals surface area (Å²) in [5, 5.41) is 1.94. The minimum Gasteiger partial charge on any atom is -0.448 e. The summed E-state index contributed by atoms with van der Waals surface area (Å²) in [6.45, 7) is 3.66. The van der Waals surface area contributed by atoms with Gasteiger partial charge in [-0.25, -0.2) is 4.79 Å². The van der Waals surface area contributed by atoms with Gasteiger partial charge in [0.05, 0.1) is 6.61 Å². The monoisotopic (exact) mass is 256 g/mol. The molecule has 1 fully saturated rings. The fourth-order valence-corrected chi connectivity index (χ4v) is 2.61. The summed E-state index contributed by atoms with van der Waals surface area (Å²) in [4.78, 5) is 16.0. The molecular weight excluding hydrogens is 240 g/mol. The minimum absolute atomic E-state index is 0.352. The highest BCUT2D eigenvalue weighted by Crippen LogP contribution is 2.19. The molecule has 1 aromatic rings. The summed E-state index contributed by atoms with van der Waals surface area (Å²) >= 11 is 1.45. The van der Waals surface area contributed by atoms with E-state index in [1.54, 1.807) is 6.92 Å². The first-order valence-electron chi connectivity index (χ1n) is 5.76. The average molecular weight is 256 g/mol. The molecule has 1 amide bonds. The summed E-state index contributed by atoms with van der Waals surface area (Å²) in [6, 6.07) is 0.378. The van der Waals surface area contributed by atoms with Crippen molar-refractivity contribution in [2.24, 2.45) is 4.99 Å². The van der Waals surface area contributed by atoms with Gasteiger partial charge < -0.3 is 14.0 Å². The molecule has 2 heterocycles. The Kier molecular flexibility index (Phi) is 4.33. The molecule has 0 saturated carbocycles. The van der Waals surface area contributed by atoms with Gasteiger partial charge in [0.2, 0.25) is 0 Å². The lowest BCUT2D eigenvalue weighted by Crippen LogP contribution is -2.26. The molecule has 2 rings (SSSR count). The topological polar surface area (TPSA) is 52.8 Å². The van der Waals surface area contributed by atoms with Crippen LogP contribution in [0.15, 0.2) is 16.6 Å². The van der Waals surface area contributed by atoms with Crippen molar-refractivity contribution >= 4 is 17.4 Å². The van der Waals surface area contributed by atoms with Crippen molar-refractivity contribution in [1.82, 2.24) is 4.57 Å². The molecule has 0 N–H and O–H groups in total. The van der Waals surface area contributed by atoms with E-state index in [0.29, 0.717) is 17.5 Å². The normalized spacial score (nSPS) is 18.3. The molecule has 0 atom stereocenters. The molecule has 1 aliphatic rings. The van der Waals surface area contributed by atoms with Crippen LogP contribution in [-0.4, -0.2) is 30.5 Å². The van der Waals surface area contributed by atoms with Crippen molar-refractivity contribution in [2.75, 3.05) is 19.8 Å². The average Bonchev–Trinajstić information content (AvgIpc) is 2.78. The summed E-state index contributed by atoms with van der Waals surface area (Å²) in [5.74, 6) is 0. The van der Waals surface area contributed by atoms with Crippen molar-refractivity contribution in [3.8, 4) is 0 Å². The second kappa shape index (κ2) is 5.97. The zero-order valence-electron chi connectivity index (χ0n) is 9.80. The van der Waals surface area contributed by atoms with Crippen LogP contribution in [0.3, 0.4) is 0 Å². The van der Waals surface area contributed by atoms with Crippen molar-refractivity contribution in [3.05, 3.63) is 16.4 Å². The van der Waals surface area contributed by atoms with E-state index in [9.17, 15) is 4.79 Å². The largest absolute Gasteiger partial charge is 0.448 e. The molecule has 17 heavy (non-hydrogen) atoms. The zero-order valence-corrected chi connectivity index (χ0v) is 10.6. The van der Waals surface area contributed by atoms with Crippen LogP contribution in [0, 0.1) is 0 Å². The van der Waals surface area contributed by atoms with E-state index in [1.165, 1.54) is 11.3 Å². The first-order valence-corrected chi connectivity index (χ1v) is 6.64. The fraction of sp³-hybridized carbons (Fsp3) is 0.636. The highest BCUT2D eigenvalue weighted by Gasteiger charge is 2.16. The molecule has 1 saturated heterocycles. The zero-order chi connectivity index (χ0) is 12.1. The van der Waals surface area contributed by atoms with Gasteiger partial charge in [0.25, 0.3) is 0 Å². The lowest BCUT2D eigenvalue weighted by molar-refractivity contribution is 0.0688. The smallest absolute Gasteiger partial charge is 0.436 e. The Balaban J connectivity index is 2.18. The van der Waals surface area contributed by atoms with Gasteiger partial charge in [-0.3, -0.25) is 0 Å². The number of rotatable bonds is 2. The van der Waals surface area contributed by atoms with Crippen LogP contribution in [0.1, 0.15) is 25.8 Å². The van der Waals surface area contributed by atoms with E-state index in [-0.39, 0.29) is 0 Å². The molecule has 0 aliphatic carbocycles. The van der Waals surface area contributed by atoms with Gasteiger partial charge in [-0.2, -0.15) is 0 Å². The predicted octanol–water partition coefficient (Wildman–Crippen LogP) is 1.96. The van der Waals surface area contributed by atoms with Gasteiger partial charge in [-0.1, -0.05) is 0 Å². The number of hydrogen-bond acceptors (Lipinski definition) is 4. The van der Waals surface area contributed by atoms with Crippen molar-refractivity contribution in [2.45, 2.75) is 25.8 Å². The number of ether oxygens (including phenoxy) is 2. The predicted molar refractivity (Wildman–Crippen MR) is 64.0 cm³/mol. The fourth-order valence-electron chi connectivity index (χ4n) is 1.84. The Bertz CT molecular complexity index is 432. The Morgan fingerprint density at radius 2 is 2.41 bits per heavy atom. The third kappa shape index (κ3) is 3.17. The number of thiazole rings is 1. The third-order valence-electron chi connectivity index (χ3n) is 2.65. The second-order valence-electron chi connectivity index (χ2n) is 3.75. The molecule has 0 radical (unpaired) electrons. The maximum absolute atomic E-state index is 11.3. The van der Waals surface area contributed by atoms with Crippen molar-refractivity contribution in [3.63, 3.8) is 0 Å². The highest BCUT2D eigenvalue weighted by atomic mass is 32.1. The third-order valence-corrected chi connectivity index (χ3v) is 3.43. The molecule has 94 valence electrons. The quantitative estimate of drug-likeness (QED) is 0.812. The Labute approximate surface area is 104 Å².